The van der Waals surface area contributed by atoms with Gasteiger partial charge in [0.05, 0.1) is 13.0 Å². The van der Waals surface area contributed by atoms with Crippen LogP contribution in [0.5, 0.6) is 5.75 Å². The summed E-state index contributed by atoms with van der Waals surface area (Å²) in [5, 5.41) is 0. The number of aromatic nitrogens is 1. The molecule has 2 aliphatic rings. The van der Waals surface area contributed by atoms with Crippen molar-refractivity contribution in [1.29, 1.82) is 0 Å². The summed E-state index contributed by atoms with van der Waals surface area (Å²) in [6, 6.07) is 10.7. The fourth-order valence-electron chi connectivity index (χ4n) is 3.97. The van der Waals surface area contributed by atoms with Gasteiger partial charge in [-0.15, -0.1) is 0 Å². The molecule has 8 heteroatoms. The van der Waals surface area contributed by atoms with Crippen molar-refractivity contribution < 1.29 is 19.1 Å². The van der Waals surface area contributed by atoms with Gasteiger partial charge in [0.1, 0.15) is 5.75 Å². The zero-order chi connectivity index (χ0) is 21.1. The highest BCUT2D eigenvalue weighted by Gasteiger charge is 2.38. The normalized spacial score (nSPS) is 19.2. The SMILES string of the molecule is COc1cccc(N2C[C@H](C(=O)N3CCN(C(=O)c4ccncc4)CC3)CC2=O)c1. The quantitative estimate of drug-likeness (QED) is 0.764. The maximum Gasteiger partial charge on any atom is 0.254 e. The van der Waals surface area contributed by atoms with Gasteiger partial charge < -0.3 is 19.4 Å². The van der Waals surface area contributed by atoms with E-state index in [1.807, 2.05) is 18.2 Å². The van der Waals surface area contributed by atoms with Crippen molar-refractivity contribution in [3.05, 3.63) is 54.4 Å². The summed E-state index contributed by atoms with van der Waals surface area (Å²) in [7, 11) is 1.58. The first kappa shape index (κ1) is 19.9. The summed E-state index contributed by atoms with van der Waals surface area (Å²) in [6.07, 6.45) is 3.39. The van der Waals surface area contributed by atoms with Crippen LogP contribution in [-0.2, 0) is 9.59 Å². The number of rotatable bonds is 4. The average Bonchev–Trinajstić information content (AvgIpc) is 3.20. The molecule has 1 aromatic carbocycles. The second kappa shape index (κ2) is 8.52. The minimum absolute atomic E-state index is 0.0234. The smallest absolute Gasteiger partial charge is 0.254 e. The molecule has 0 unspecified atom stereocenters. The van der Waals surface area contributed by atoms with Crippen LogP contribution >= 0.6 is 0 Å². The van der Waals surface area contributed by atoms with Crippen molar-refractivity contribution in [1.82, 2.24) is 14.8 Å². The van der Waals surface area contributed by atoms with Gasteiger partial charge in [0.25, 0.3) is 5.91 Å². The highest BCUT2D eigenvalue weighted by atomic mass is 16.5. The van der Waals surface area contributed by atoms with Gasteiger partial charge in [0.2, 0.25) is 11.8 Å². The van der Waals surface area contributed by atoms with Crippen LogP contribution in [0.25, 0.3) is 0 Å². The number of pyridine rings is 1. The van der Waals surface area contributed by atoms with Crippen LogP contribution in [0.3, 0.4) is 0 Å². The summed E-state index contributed by atoms with van der Waals surface area (Å²) in [4.78, 5) is 47.2. The lowest BCUT2D eigenvalue weighted by atomic mass is 10.1. The Balaban J connectivity index is 1.35. The highest BCUT2D eigenvalue weighted by molar-refractivity contribution is 6.00. The van der Waals surface area contributed by atoms with E-state index >= 15 is 0 Å². The summed E-state index contributed by atoms with van der Waals surface area (Å²) in [5.41, 5.74) is 1.34. The minimum atomic E-state index is -0.369. The number of methoxy groups -OCH3 is 1. The molecule has 2 aromatic rings. The summed E-state index contributed by atoms with van der Waals surface area (Å²) >= 11 is 0. The highest BCUT2D eigenvalue weighted by Crippen LogP contribution is 2.29. The second-order valence-corrected chi connectivity index (χ2v) is 7.46. The van der Waals surface area contributed by atoms with E-state index in [0.717, 1.165) is 5.69 Å². The summed E-state index contributed by atoms with van der Waals surface area (Å²) in [6.45, 7) is 2.26. The van der Waals surface area contributed by atoms with Gasteiger partial charge in [-0.25, -0.2) is 0 Å². The van der Waals surface area contributed by atoms with E-state index < -0.39 is 0 Å². The van der Waals surface area contributed by atoms with E-state index in [2.05, 4.69) is 4.98 Å². The average molecular weight is 408 g/mol. The standard InChI is InChI=1S/C22H24N4O4/c1-30-19-4-2-3-18(14-19)26-15-17(13-20(26)27)22(29)25-11-9-24(10-12-25)21(28)16-5-7-23-8-6-16/h2-8,14,17H,9-13,15H2,1H3/t17-/m1/s1. The van der Waals surface area contributed by atoms with Crippen LogP contribution in [0.2, 0.25) is 0 Å². The first-order chi connectivity index (χ1) is 14.6. The van der Waals surface area contributed by atoms with E-state index in [0.29, 0.717) is 44.0 Å². The largest absolute Gasteiger partial charge is 0.497 e. The van der Waals surface area contributed by atoms with Crippen LogP contribution in [-0.4, -0.2) is 72.3 Å². The van der Waals surface area contributed by atoms with Gasteiger partial charge in [-0.2, -0.15) is 0 Å². The van der Waals surface area contributed by atoms with E-state index in [1.165, 1.54) is 0 Å². The summed E-state index contributed by atoms with van der Waals surface area (Å²) in [5.74, 6) is 0.166. The lowest BCUT2D eigenvalue weighted by Crippen LogP contribution is -2.52. The van der Waals surface area contributed by atoms with Crippen molar-refractivity contribution >= 4 is 23.4 Å². The van der Waals surface area contributed by atoms with E-state index in [1.54, 1.807) is 52.4 Å². The Hall–Kier alpha value is -3.42. The Morgan fingerprint density at radius 1 is 1.03 bits per heavy atom. The van der Waals surface area contributed by atoms with Gasteiger partial charge in [-0.1, -0.05) is 6.07 Å². The second-order valence-electron chi connectivity index (χ2n) is 7.46. The molecular weight excluding hydrogens is 384 g/mol. The molecule has 8 nitrogen and oxygen atoms in total. The number of hydrogen-bond acceptors (Lipinski definition) is 5. The van der Waals surface area contributed by atoms with Gasteiger partial charge in [0.15, 0.2) is 0 Å². The number of carbonyl (C=O) groups is 3. The molecule has 2 fully saturated rings. The van der Waals surface area contributed by atoms with Crippen molar-refractivity contribution in [2.45, 2.75) is 6.42 Å². The van der Waals surface area contributed by atoms with Crippen molar-refractivity contribution in [2.75, 3.05) is 44.7 Å². The Morgan fingerprint density at radius 3 is 2.43 bits per heavy atom. The number of nitrogens with zero attached hydrogens (tertiary/aromatic N) is 4. The molecule has 0 aliphatic carbocycles. The third kappa shape index (κ3) is 3.98. The monoisotopic (exact) mass is 408 g/mol. The summed E-state index contributed by atoms with van der Waals surface area (Å²) < 4.78 is 5.23. The molecule has 0 saturated carbocycles. The Bertz CT molecular complexity index is 941. The molecule has 156 valence electrons. The lowest BCUT2D eigenvalue weighted by molar-refractivity contribution is -0.137. The maximum atomic E-state index is 13.0. The van der Waals surface area contributed by atoms with Crippen LogP contribution in [0.15, 0.2) is 48.8 Å². The van der Waals surface area contributed by atoms with Crippen molar-refractivity contribution in [3.63, 3.8) is 0 Å². The topological polar surface area (TPSA) is 83.1 Å². The first-order valence-corrected chi connectivity index (χ1v) is 9.99. The molecule has 2 aliphatic heterocycles. The molecule has 3 heterocycles. The molecule has 0 N–H and O–H groups in total. The molecule has 0 spiro atoms. The molecule has 30 heavy (non-hydrogen) atoms. The fraction of sp³-hybridized carbons (Fsp3) is 0.364. The maximum absolute atomic E-state index is 13.0. The number of piperazine rings is 1. The molecule has 3 amide bonds. The molecule has 0 bridgehead atoms. The molecule has 1 aromatic heterocycles. The number of benzene rings is 1. The Kier molecular flexibility index (Phi) is 5.65. The van der Waals surface area contributed by atoms with Gasteiger partial charge >= 0.3 is 0 Å². The number of carbonyl (C=O) groups excluding carboxylic acids is 3. The lowest BCUT2D eigenvalue weighted by Gasteiger charge is -2.36. The van der Waals surface area contributed by atoms with E-state index in [9.17, 15) is 14.4 Å². The Morgan fingerprint density at radius 2 is 1.73 bits per heavy atom. The number of hydrogen-bond donors (Lipinski definition) is 0. The van der Waals surface area contributed by atoms with E-state index in [-0.39, 0.29) is 30.1 Å². The Labute approximate surface area is 175 Å². The molecule has 4 rings (SSSR count). The predicted octanol–water partition coefficient (Wildman–Crippen LogP) is 1.43. The number of amides is 3. The van der Waals surface area contributed by atoms with Crippen LogP contribution in [0, 0.1) is 5.92 Å². The zero-order valence-electron chi connectivity index (χ0n) is 16.9. The number of anilines is 1. The zero-order valence-corrected chi connectivity index (χ0v) is 16.9. The molecule has 2 saturated heterocycles. The molecule has 1 atom stereocenters. The van der Waals surface area contributed by atoms with Crippen molar-refractivity contribution in [2.24, 2.45) is 5.92 Å². The van der Waals surface area contributed by atoms with Gasteiger partial charge in [-0.05, 0) is 24.3 Å². The number of ether oxygens (including phenoxy) is 1. The molecule has 0 radical (unpaired) electrons. The van der Waals surface area contributed by atoms with Crippen LogP contribution in [0.4, 0.5) is 5.69 Å². The van der Waals surface area contributed by atoms with Crippen molar-refractivity contribution in [3.8, 4) is 5.75 Å². The predicted molar refractivity (Wildman–Crippen MR) is 110 cm³/mol. The van der Waals surface area contributed by atoms with E-state index in [4.69, 9.17) is 4.74 Å². The third-order valence-corrected chi connectivity index (χ3v) is 5.65. The van der Waals surface area contributed by atoms with Gasteiger partial charge in [0, 0.05) is 68.9 Å². The third-order valence-electron chi connectivity index (χ3n) is 5.65. The minimum Gasteiger partial charge on any atom is -0.497 e. The van der Waals surface area contributed by atoms with Crippen LogP contribution < -0.4 is 9.64 Å². The first-order valence-electron chi connectivity index (χ1n) is 9.99. The molecular formula is C22H24N4O4. The van der Waals surface area contributed by atoms with Gasteiger partial charge in [-0.3, -0.25) is 19.4 Å². The fourth-order valence-corrected chi connectivity index (χ4v) is 3.97. The van der Waals surface area contributed by atoms with Crippen LogP contribution in [0.1, 0.15) is 16.8 Å².